The normalized spacial score (nSPS) is 24.5. The van der Waals surface area contributed by atoms with Gasteiger partial charge < -0.3 is 9.64 Å². The van der Waals surface area contributed by atoms with Crippen molar-refractivity contribution in [3.05, 3.63) is 59.0 Å². The molecule has 6 nitrogen and oxygen atoms in total. The number of benzene rings is 1. The van der Waals surface area contributed by atoms with Crippen LogP contribution in [0, 0.1) is 17.7 Å². The molecule has 1 aromatic heterocycles. The molecule has 136 valence electrons. The van der Waals surface area contributed by atoms with Gasteiger partial charge in [-0.1, -0.05) is 6.07 Å². The van der Waals surface area contributed by atoms with Crippen LogP contribution in [0.4, 0.5) is 4.39 Å². The Balaban J connectivity index is 1.40. The lowest BCUT2D eigenvalue weighted by Crippen LogP contribution is -2.37. The summed E-state index contributed by atoms with van der Waals surface area (Å²) in [5.41, 5.74) is -0.424. The van der Waals surface area contributed by atoms with E-state index in [1.807, 2.05) is 0 Å². The molecule has 0 spiro atoms. The maximum atomic E-state index is 13.4. The molecule has 0 bridgehead atoms. The monoisotopic (exact) mass is 357 g/mol. The lowest BCUT2D eigenvalue weighted by Gasteiger charge is -2.22. The van der Waals surface area contributed by atoms with Crippen molar-refractivity contribution in [2.45, 2.75) is 25.5 Å². The zero-order valence-electron chi connectivity index (χ0n) is 14.3. The molecule has 2 heterocycles. The zero-order valence-corrected chi connectivity index (χ0v) is 14.3. The van der Waals surface area contributed by atoms with E-state index in [9.17, 15) is 14.0 Å². The minimum absolute atomic E-state index is 0.00152. The third-order valence-corrected chi connectivity index (χ3v) is 5.32. The highest BCUT2D eigenvalue weighted by Gasteiger charge is 2.45. The topological polar surface area (TPSA) is 64.4 Å². The minimum atomic E-state index is -0.424. The quantitative estimate of drug-likeness (QED) is 0.835. The van der Waals surface area contributed by atoms with Gasteiger partial charge in [-0.05, 0) is 37.0 Å². The number of hydrogen-bond donors (Lipinski definition) is 0. The molecular formula is C19H20FN3O3. The summed E-state index contributed by atoms with van der Waals surface area (Å²) in [6.45, 7) is 1.29. The van der Waals surface area contributed by atoms with Crippen molar-refractivity contribution < 1.29 is 13.9 Å². The first-order valence-electron chi connectivity index (χ1n) is 8.81. The average molecular weight is 357 g/mol. The fourth-order valence-corrected chi connectivity index (χ4v) is 4.03. The van der Waals surface area contributed by atoms with E-state index in [2.05, 4.69) is 4.98 Å². The molecule has 1 saturated carbocycles. The Morgan fingerprint density at radius 2 is 2.15 bits per heavy atom. The smallest absolute Gasteiger partial charge is 0.347 e. The Morgan fingerprint density at radius 1 is 1.27 bits per heavy atom. The molecular weight excluding hydrogens is 337 g/mol. The van der Waals surface area contributed by atoms with Crippen LogP contribution < -0.4 is 10.4 Å². The van der Waals surface area contributed by atoms with E-state index in [1.54, 1.807) is 29.3 Å². The van der Waals surface area contributed by atoms with Gasteiger partial charge in [-0.25, -0.2) is 14.2 Å². The molecule has 0 radical (unpaired) electrons. The highest BCUT2D eigenvalue weighted by atomic mass is 19.1. The van der Waals surface area contributed by atoms with Crippen LogP contribution in [0.2, 0.25) is 0 Å². The number of amides is 1. The third-order valence-electron chi connectivity index (χ3n) is 5.32. The minimum Gasteiger partial charge on any atom is -0.490 e. The molecule has 2 aliphatic rings. The summed E-state index contributed by atoms with van der Waals surface area (Å²) in [6.07, 6.45) is 4.87. The van der Waals surface area contributed by atoms with Crippen LogP contribution in [-0.4, -0.2) is 39.6 Å². The van der Waals surface area contributed by atoms with Crippen molar-refractivity contribution in [3.63, 3.8) is 0 Å². The predicted molar refractivity (Wildman–Crippen MR) is 92.1 cm³/mol. The summed E-state index contributed by atoms with van der Waals surface area (Å²) in [6, 6.07) is 7.80. The van der Waals surface area contributed by atoms with Crippen molar-refractivity contribution in [2.75, 3.05) is 13.1 Å². The summed E-state index contributed by atoms with van der Waals surface area (Å²) < 4.78 is 20.7. The first-order chi connectivity index (χ1) is 12.6. The van der Waals surface area contributed by atoms with Gasteiger partial charge in [0, 0.05) is 37.5 Å². The van der Waals surface area contributed by atoms with Crippen LogP contribution in [0.1, 0.15) is 12.8 Å². The molecule has 4 rings (SSSR count). The van der Waals surface area contributed by atoms with Crippen LogP contribution in [0.25, 0.3) is 0 Å². The molecule has 2 aromatic rings. The van der Waals surface area contributed by atoms with Crippen LogP contribution in [0.15, 0.2) is 47.5 Å². The number of carbonyl (C=O) groups is 1. The predicted octanol–water partition coefficient (Wildman–Crippen LogP) is 1.70. The fourth-order valence-electron chi connectivity index (χ4n) is 4.03. The number of nitrogens with zero attached hydrogens (tertiary/aromatic N) is 3. The van der Waals surface area contributed by atoms with Crippen molar-refractivity contribution in [3.8, 4) is 5.75 Å². The Morgan fingerprint density at radius 3 is 2.96 bits per heavy atom. The van der Waals surface area contributed by atoms with E-state index >= 15 is 0 Å². The highest BCUT2D eigenvalue weighted by molar-refractivity contribution is 5.76. The Kier molecular flexibility index (Phi) is 4.44. The number of fused-ring (bicyclic) bond motifs is 1. The molecule has 1 aliphatic carbocycles. The van der Waals surface area contributed by atoms with Crippen molar-refractivity contribution in [1.82, 2.24) is 14.5 Å². The number of likely N-dealkylation sites (tertiary alicyclic amines) is 1. The second-order valence-electron chi connectivity index (χ2n) is 6.94. The van der Waals surface area contributed by atoms with Gasteiger partial charge in [0.15, 0.2) is 0 Å². The van der Waals surface area contributed by atoms with Gasteiger partial charge in [0.25, 0.3) is 0 Å². The highest BCUT2D eigenvalue weighted by Crippen LogP contribution is 2.40. The maximum absolute atomic E-state index is 13.4. The van der Waals surface area contributed by atoms with Gasteiger partial charge in [-0.3, -0.25) is 9.36 Å². The molecule has 1 aromatic carbocycles. The zero-order chi connectivity index (χ0) is 18.1. The van der Waals surface area contributed by atoms with Gasteiger partial charge >= 0.3 is 5.69 Å². The summed E-state index contributed by atoms with van der Waals surface area (Å²) in [5.74, 6) is 0.763. The van der Waals surface area contributed by atoms with E-state index in [0.717, 1.165) is 12.8 Å². The third kappa shape index (κ3) is 3.34. The summed E-state index contributed by atoms with van der Waals surface area (Å²) >= 11 is 0. The second-order valence-corrected chi connectivity index (χ2v) is 6.94. The van der Waals surface area contributed by atoms with Gasteiger partial charge in [0.05, 0.1) is 0 Å². The molecule has 0 N–H and O–H groups in total. The summed E-state index contributed by atoms with van der Waals surface area (Å²) in [4.78, 5) is 29.7. The molecule has 1 amide bonds. The first kappa shape index (κ1) is 16.8. The van der Waals surface area contributed by atoms with Crippen LogP contribution in [0.3, 0.4) is 0 Å². The number of carbonyl (C=O) groups excluding carboxylic acids is 1. The van der Waals surface area contributed by atoms with E-state index in [-0.39, 0.29) is 30.3 Å². The average Bonchev–Trinajstić information content (AvgIpc) is 3.19. The Hall–Kier alpha value is -2.70. The van der Waals surface area contributed by atoms with Crippen LogP contribution in [0.5, 0.6) is 5.75 Å². The molecule has 1 saturated heterocycles. The van der Waals surface area contributed by atoms with E-state index in [0.29, 0.717) is 24.8 Å². The molecule has 7 heteroatoms. The number of hydrogen-bond acceptors (Lipinski definition) is 4. The van der Waals surface area contributed by atoms with Gasteiger partial charge in [-0.15, -0.1) is 0 Å². The lowest BCUT2D eigenvalue weighted by molar-refractivity contribution is -0.131. The molecule has 2 fully saturated rings. The molecule has 3 atom stereocenters. The Bertz CT molecular complexity index is 869. The van der Waals surface area contributed by atoms with Crippen molar-refractivity contribution in [1.29, 1.82) is 0 Å². The molecule has 0 unspecified atom stereocenters. The second kappa shape index (κ2) is 6.90. The largest absolute Gasteiger partial charge is 0.490 e. The summed E-state index contributed by atoms with van der Waals surface area (Å²) in [5, 5.41) is 0. The first-order valence-corrected chi connectivity index (χ1v) is 8.81. The molecule has 26 heavy (non-hydrogen) atoms. The van der Waals surface area contributed by atoms with Gasteiger partial charge in [0.1, 0.15) is 24.2 Å². The summed E-state index contributed by atoms with van der Waals surface area (Å²) in [7, 11) is 0. The van der Waals surface area contributed by atoms with Crippen molar-refractivity contribution in [2.24, 2.45) is 11.8 Å². The molecule has 1 aliphatic heterocycles. The SMILES string of the molecule is O=C(Cn1cccnc1=O)N1C[C@@H]2CC[C@H](Oc3cccc(F)c3)[C@@H]2C1. The van der Waals surface area contributed by atoms with Crippen LogP contribution in [-0.2, 0) is 11.3 Å². The van der Waals surface area contributed by atoms with E-state index in [4.69, 9.17) is 4.74 Å². The number of ether oxygens (including phenoxy) is 1. The van der Waals surface area contributed by atoms with E-state index < -0.39 is 5.69 Å². The van der Waals surface area contributed by atoms with Crippen molar-refractivity contribution >= 4 is 5.91 Å². The number of aromatic nitrogens is 2. The van der Waals surface area contributed by atoms with Gasteiger partial charge in [-0.2, -0.15) is 0 Å². The van der Waals surface area contributed by atoms with Gasteiger partial charge in [0.2, 0.25) is 5.91 Å². The number of rotatable bonds is 4. The van der Waals surface area contributed by atoms with E-state index in [1.165, 1.54) is 22.9 Å². The lowest BCUT2D eigenvalue weighted by atomic mass is 9.99. The van der Waals surface area contributed by atoms with Crippen LogP contribution >= 0.6 is 0 Å². The maximum Gasteiger partial charge on any atom is 0.347 e. The fraction of sp³-hybridized carbons (Fsp3) is 0.421. The number of halogens is 1. The standard InChI is InChI=1S/C19H20FN3O3/c20-14-3-1-4-15(9-14)26-17-6-5-13-10-23(11-16(13)17)18(24)12-22-8-2-7-21-19(22)25/h1-4,7-9,13,16-17H,5-6,10-12H2/t13-,16+,17-/m0/s1. The Labute approximate surface area is 150 Å².